The van der Waals surface area contributed by atoms with Crippen molar-refractivity contribution in [2.75, 3.05) is 19.0 Å². The van der Waals surface area contributed by atoms with E-state index in [9.17, 15) is 0 Å². The van der Waals surface area contributed by atoms with Gasteiger partial charge in [0.1, 0.15) is 5.01 Å². The van der Waals surface area contributed by atoms with Gasteiger partial charge in [-0.15, -0.1) is 10.2 Å². The molecule has 1 aromatic rings. The Balaban J connectivity index is 2.33. The highest BCUT2D eigenvalue weighted by Gasteiger charge is 2.06. The van der Waals surface area contributed by atoms with Gasteiger partial charge < -0.3 is 0 Å². The van der Waals surface area contributed by atoms with Gasteiger partial charge in [0.05, 0.1) is 6.54 Å². The van der Waals surface area contributed by atoms with Gasteiger partial charge in [0, 0.05) is 0 Å². The Labute approximate surface area is 94.7 Å². The summed E-state index contributed by atoms with van der Waals surface area (Å²) in [5, 5.41) is 9.59. The lowest BCUT2D eigenvalue weighted by Crippen LogP contribution is -2.20. The van der Waals surface area contributed by atoms with Crippen molar-refractivity contribution in [2.24, 2.45) is 11.8 Å². The summed E-state index contributed by atoms with van der Waals surface area (Å²) < 4.78 is 0. The average molecular weight is 229 g/mol. The van der Waals surface area contributed by atoms with Crippen molar-refractivity contribution in [3.8, 4) is 0 Å². The lowest BCUT2D eigenvalue weighted by atomic mass is 10.1. The number of nitrogens with zero attached hydrogens (tertiary/aromatic N) is 3. The van der Waals surface area contributed by atoms with Crippen LogP contribution >= 0.6 is 11.3 Å². The molecule has 3 N–H and O–H groups in total. The van der Waals surface area contributed by atoms with Crippen LogP contribution in [-0.2, 0) is 6.54 Å². The molecule has 5 nitrogen and oxygen atoms in total. The number of hydrazine groups is 1. The minimum Gasteiger partial charge on any atom is -0.300 e. The van der Waals surface area contributed by atoms with Crippen LogP contribution in [0.2, 0.25) is 0 Å². The van der Waals surface area contributed by atoms with Gasteiger partial charge in [0.15, 0.2) is 0 Å². The minimum atomic E-state index is 0.669. The third-order valence-electron chi connectivity index (χ3n) is 2.08. The molecule has 1 heterocycles. The molecule has 0 unspecified atom stereocenters. The number of aromatic nitrogens is 2. The standard InChI is InChI=1S/C9H19N5S/c1-7(2)4-5-14(3)6-8-12-13-9(11-10)15-8/h7H,4-6,10H2,1-3H3,(H,11,13). The van der Waals surface area contributed by atoms with Crippen molar-refractivity contribution in [3.05, 3.63) is 5.01 Å². The molecule has 0 amide bonds. The van der Waals surface area contributed by atoms with Gasteiger partial charge >= 0.3 is 0 Å². The van der Waals surface area contributed by atoms with E-state index in [1.807, 2.05) is 0 Å². The fraction of sp³-hybridized carbons (Fsp3) is 0.778. The molecule has 1 aromatic heterocycles. The smallest absolute Gasteiger partial charge is 0.219 e. The first-order valence-electron chi connectivity index (χ1n) is 5.09. The summed E-state index contributed by atoms with van der Waals surface area (Å²) in [6.07, 6.45) is 1.21. The molecule has 0 fully saturated rings. The zero-order valence-electron chi connectivity index (χ0n) is 9.53. The SMILES string of the molecule is CC(C)CCN(C)Cc1nnc(NN)s1. The molecule has 0 saturated heterocycles. The zero-order chi connectivity index (χ0) is 11.3. The first-order chi connectivity index (χ1) is 7.11. The number of rotatable bonds is 6. The lowest BCUT2D eigenvalue weighted by Gasteiger charge is -2.15. The highest BCUT2D eigenvalue weighted by molar-refractivity contribution is 7.15. The molecule has 1 rings (SSSR count). The minimum absolute atomic E-state index is 0.669. The predicted molar refractivity (Wildman–Crippen MR) is 63.5 cm³/mol. The molecule has 0 radical (unpaired) electrons. The Bertz CT molecular complexity index is 286. The first-order valence-corrected chi connectivity index (χ1v) is 5.91. The van der Waals surface area contributed by atoms with E-state index >= 15 is 0 Å². The normalized spacial score (nSPS) is 11.3. The summed E-state index contributed by atoms with van der Waals surface area (Å²) in [6.45, 7) is 6.39. The molecule has 0 saturated carbocycles. The predicted octanol–water partition coefficient (Wildman–Crippen LogP) is 1.30. The molecular weight excluding hydrogens is 210 g/mol. The maximum absolute atomic E-state index is 5.24. The summed E-state index contributed by atoms with van der Waals surface area (Å²) in [7, 11) is 2.10. The van der Waals surface area contributed by atoms with Gasteiger partial charge in [-0.3, -0.25) is 10.3 Å². The van der Waals surface area contributed by atoms with Crippen molar-refractivity contribution >= 4 is 16.5 Å². The van der Waals surface area contributed by atoms with Crippen LogP contribution in [0.15, 0.2) is 0 Å². The molecule has 0 atom stereocenters. The third kappa shape index (κ3) is 4.55. The number of anilines is 1. The van der Waals surface area contributed by atoms with Crippen LogP contribution < -0.4 is 11.3 Å². The van der Waals surface area contributed by atoms with Crippen LogP contribution in [0.5, 0.6) is 0 Å². The maximum Gasteiger partial charge on any atom is 0.219 e. The highest BCUT2D eigenvalue weighted by atomic mass is 32.1. The van der Waals surface area contributed by atoms with Gasteiger partial charge in [-0.1, -0.05) is 25.2 Å². The second-order valence-electron chi connectivity index (χ2n) is 4.07. The Kier molecular flexibility index (Phi) is 4.93. The summed E-state index contributed by atoms with van der Waals surface area (Å²) in [4.78, 5) is 2.25. The van der Waals surface area contributed by atoms with E-state index in [0.29, 0.717) is 5.13 Å². The third-order valence-corrected chi connectivity index (χ3v) is 2.92. The number of hydrogen-bond acceptors (Lipinski definition) is 6. The second kappa shape index (κ2) is 5.99. The zero-order valence-corrected chi connectivity index (χ0v) is 10.3. The van der Waals surface area contributed by atoms with Crippen molar-refractivity contribution in [3.63, 3.8) is 0 Å². The summed E-state index contributed by atoms with van der Waals surface area (Å²) in [6, 6.07) is 0. The molecule has 0 aliphatic carbocycles. The van der Waals surface area contributed by atoms with E-state index in [1.54, 1.807) is 0 Å². The molecule has 0 aromatic carbocycles. The van der Waals surface area contributed by atoms with Crippen molar-refractivity contribution in [1.29, 1.82) is 0 Å². The first kappa shape index (κ1) is 12.4. The molecule has 0 aliphatic heterocycles. The highest BCUT2D eigenvalue weighted by Crippen LogP contribution is 2.15. The number of nitrogen functional groups attached to an aromatic ring is 1. The van der Waals surface area contributed by atoms with E-state index < -0.39 is 0 Å². The van der Waals surface area contributed by atoms with E-state index in [1.165, 1.54) is 17.8 Å². The van der Waals surface area contributed by atoms with Gasteiger partial charge in [0.2, 0.25) is 5.13 Å². The van der Waals surface area contributed by atoms with Crippen molar-refractivity contribution < 1.29 is 0 Å². The fourth-order valence-corrected chi connectivity index (χ4v) is 1.89. The summed E-state index contributed by atoms with van der Waals surface area (Å²) in [5.41, 5.74) is 2.50. The Morgan fingerprint density at radius 1 is 1.47 bits per heavy atom. The quantitative estimate of drug-likeness (QED) is 0.568. The van der Waals surface area contributed by atoms with E-state index in [2.05, 4.69) is 41.4 Å². The fourth-order valence-electron chi connectivity index (χ4n) is 1.16. The van der Waals surface area contributed by atoms with Crippen LogP contribution in [0.25, 0.3) is 0 Å². The Morgan fingerprint density at radius 2 is 2.20 bits per heavy atom. The lowest BCUT2D eigenvalue weighted by molar-refractivity contribution is 0.302. The van der Waals surface area contributed by atoms with E-state index in [0.717, 1.165) is 24.0 Å². The number of hydrogen-bond donors (Lipinski definition) is 2. The molecule has 0 bridgehead atoms. The molecule has 15 heavy (non-hydrogen) atoms. The Hall–Kier alpha value is -0.720. The van der Waals surface area contributed by atoms with Crippen LogP contribution in [0, 0.1) is 5.92 Å². The van der Waals surface area contributed by atoms with Crippen LogP contribution in [0.1, 0.15) is 25.3 Å². The number of nitrogens with two attached hydrogens (primary N) is 1. The Morgan fingerprint density at radius 3 is 2.73 bits per heavy atom. The maximum atomic E-state index is 5.24. The average Bonchev–Trinajstić information content (AvgIpc) is 2.62. The van der Waals surface area contributed by atoms with Gasteiger partial charge in [-0.2, -0.15) is 0 Å². The van der Waals surface area contributed by atoms with Gasteiger partial charge in [-0.05, 0) is 25.9 Å². The van der Waals surface area contributed by atoms with Crippen molar-refractivity contribution in [2.45, 2.75) is 26.8 Å². The van der Waals surface area contributed by atoms with Crippen LogP contribution in [-0.4, -0.2) is 28.7 Å². The van der Waals surface area contributed by atoms with E-state index in [4.69, 9.17) is 5.84 Å². The summed E-state index contributed by atoms with van der Waals surface area (Å²) >= 11 is 1.50. The topological polar surface area (TPSA) is 67.1 Å². The van der Waals surface area contributed by atoms with Gasteiger partial charge in [-0.25, -0.2) is 5.84 Å². The van der Waals surface area contributed by atoms with E-state index in [-0.39, 0.29) is 0 Å². The second-order valence-corrected chi connectivity index (χ2v) is 5.13. The molecule has 86 valence electrons. The largest absolute Gasteiger partial charge is 0.300 e. The van der Waals surface area contributed by atoms with Crippen molar-refractivity contribution in [1.82, 2.24) is 15.1 Å². The van der Waals surface area contributed by atoms with Gasteiger partial charge in [0.25, 0.3) is 0 Å². The molecular formula is C9H19N5S. The summed E-state index contributed by atoms with van der Waals surface area (Å²) in [5.74, 6) is 5.98. The molecule has 0 aliphatic rings. The monoisotopic (exact) mass is 229 g/mol. The van der Waals surface area contributed by atoms with Crippen LogP contribution in [0.4, 0.5) is 5.13 Å². The van der Waals surface area contributed by atoms with Crippen LogP contribution in [0.3, 0.4) is 0 Å². The molecule has 0 spiro atoms. The molecule has 6 heteroatoms. The number of nitrogens with one attached hydrogen (secondary N) is 1.